The zero-order valence-corrected chi connectivity index (χ0v) is 9.79. The Morgan fingerprint density at radius 3 is 2.21 bits per heavy atom. The fourth-order valence-electron chi connectivity index (χ4n) is 1.97. The van der Waals surface area contributed by atoms with Crippen molar-refractivity contribution in [1.29, 1.82) is 0 Å². The minimum atomic E-state index is -0.365. The average molecular weight is 199 g/mol. The molecule has 1 atom stereocenters. The van der Waals surface area contributed by atoms with E-state index in [2.05, 4.69) is 0 Å². The number of β-amino-alcohol motifs (C(OH)–C–C–N with tert-alkyl or cyclic N) is 1. The number of carbonyl (C=O) groups is 1. The lowest BCUT2D eigenvalue weighted by Crippen LogP contribution is -2.47. The number of carbonyl (C=O) groups excluding carboxylic acids is 1. The molecule has 1 N–H and O–H groups in total. The molecule has 1 unspecified atom stereocenters. The number of aliphatic hydroxyl groups is 1. The van der Waals surface area contributed by atoms with Crippen LogP contribution in [0.25, 0.3) is 0 Å². The highest BCUT2D eigenvalue weighted by Gasteiger charge is 2.43. The van der Waals surface area contributed by atoms with E-state index < -0.39 is 0 Å². The number of aliphatic hydroxyl groups excluding tert-OH is 1. The number of hydrogen-bond donors (Lipinski definition) is 1. The van der Waals surface area contributed by atoms with Crippen LogP contribution in [-0.2, 0) is 4.79 Å². The molecule has 0 saturated carbocycles. The van der Waals surface area contributed by atoms with Crippen molar-refractivity contribution in [3.05, 3.63) is 0 Å². The van der Waals surface area contributed by atoms with Gasteiger partial charge in [0.2, 0.25) is 5.91 Å². The van der Waals surface area contributed by atoms with Crippen LogP contribution in [0, 0.1) is 5.41 Å². The lowest BCUT2D eigenvalue weighted by atomic mass is 9.92. The van der Waals surface area contributed by atoms with Crippen LogP contribution in [0.2, 0.25) is 0 Å². The summed E-state index contributed by atoms with van der Waals surface area (Å²) >= 11 is 0. The molecule has 14 heavy (non-hydrogen) atoms. The molecular weight excluding hydrogens is 178 g/mol. The molecule has 0 aromatic carbocycles. The average Bonchev–Trinajstić information content (AvgIpc) is 2.20. The van der Waals surface area contributed by atoms with Crippen molar-refractivity contribution < 1.29 is 9.90 Å². The Morgan fingerprint density at radius 1 is 1.43 bits per heavy atom. The molecule has 0 aromatic rings. The normalized spacial score (nSPS) is 26.7. The quantitative estimate of drug-likeness (QED) is 0.640. The van der Waals surface area contributed by atoms with Gasteiger partial charge in [-0.15, -0.1) is 0 Å². The van der Waals surface area contributed by atoms with E-state index in [1.54, 1.807) is 4.90 Å². The summed E-state index contributed by atoms with van der Waals surface area (Å²) < 4.78 is 0. The Balaban J connectivity index is 2.84. The minimum absolute atomic E-state index is 0.124. The van der Waals surface area contributed by atoms with Crippen LogP contribution in [0.15, 0.2) is 0 Å². The molecule has 0 radical (unpaired) electrons. The third kappa shape index (κ3) is 2.08. The lowest BCUT2D eigenvalue weighted by Gasteiger charge is -2.35. The number of likely N-dealkylation sites (tertiary alicyclic amines) is 1. The van der Waals surface area contributed by atoms with E-state index in [9.17, 15) is 9.90 Å². The molecule has 0 spiro atoms. The summed E-state index contributed by atoms with van der Waals surface area (Å²) in [5, 5.41) is 9.56. The van der Waals surface area contributed by atoms with Gasteiger partial charge in [0.05, 0.1) is 6.10 Å². The summed E-state index contributed by atoms with van der Waals surface area (Å²) in [6, 6.07) is 0. The summed E-state index contributed by atoms with van der Waals surface area (Å²) in [6.07, 6.45) is 0.311. The predicted molar refractivity (Wildman–Crippen MR) is 55.9 cm³/mol. The molecule has 1 heterocycles. The molecule has 1 aliphatic rings. The molecule has 82 valence electrons. The second kappa shape index (κ2) is 3.23. The van der Waals surface area contributed by atoms with Crippen molar-refractivity contribution >= 4 is 5.91 Å². The van der Waals surface area contributed by atoms with Gasteiger partial charge in [-0.2, -0.15) is 0 Å². The van der Waals surface area contributed by atoms with Gasteiger partial charge in [-0.25, -0.2) is 0 Å². The maximum atomic E-state index is 12.0. The summed E-state index contributed by atoms with van der Waals surface area (Å²) in [5.74, 6) is 0.124. The van der Waals surface area contributed by atoms with Crippen molar-refractivity contribution in [2.24, 2.45) is 5.41 Å². The second-order valence-electron chi connectivity index (χ2n) is 5.84. The first-order valence-corrected chi connectivity index (χ1v) is 5.15. The van der Waals surface area contributed by atoms with Crippen LogP contribution in [-0.4, -0.2) is 34.1 Å². The molecule has 1 rings (SSSR count). The van der Waals surface area contributed by atoms with E-state index in [-0.39, 0.29) is 23.0 Å². The predicted octanol–water partition coefficient (Wildman–Crippen LogP) is 1.40. The number of nitrogens with zero attached hydrogens (tertiary/aromatic N) is 1. The Bertz CT molecular complexity index is 240. The third-order valence-corrected chi connectivity index (χ3v) is 2.75. The van der Waals surface area contributed by atoms with E-state index in [0.717, 1.165) is 0 Å². The van der Waals surface area contributed by atoms with E-state index in [4.69, 9.17) is 0 Å². The minimum Gasteiger partial charge on any atom is -0.391 e. The molecule has 1 fully saturated rings. The summed E-state index contributed by atoms with van der Waals surface area (Å²) in [6.45, 7) is 10.2. The largest absolute Gasteiger partial charge is 0.391 e. The second-order valence-corrected chi connectivity index (χ2v) is 5.84. The highest BCUT2D eigenvalue weighted by atomic mass is 16.3. The summed E-state index contributed by atoms with van der Waals surface area (Å²) in [4.78, 5) is 13.8. The van der Waals surface area contributed by atoms with Crippen LogP contribution in [0.1, 0.15) is 41.0 Å². The van der Waals surface area contributed by atoms with E-state index >= 15 is 0 Å². The maximum absolute atomic E-state index is 12.0. The van der Waals surface area contributed by atoms with Gasteiger partial charge in [0.1, 0.15) is 0 Å². The highest BCUT2D eigenvalue weighted by Crippen LogP contribution is 2.32. The van der Waals surface area contributed by atoms with E-state index in [1.807, 2.05) is 34.6 Å². The zero-order valence-electron chi connectivity index (χ0n) is 9.79. The van der Waals surface area contributed by atoms with Crippen LogP contribution < -0.4 is 0 Å². The number of amides is 1. The third-order valence-electron chi connectivity index (χ3n) is 2.75. The van der Waals surface area contributed by atoms with Crippen LogP contribution in [0.4, 0.5) is 0 Å². The molecule has 0 aliphatic carbocycles. The molecule has 3 heteroatoms. The SMILES string of the molecule is CC(C)(C)C(=O)N1CC(O)CC1(C)C. The molecule has 1 saturated heterocycles. The van der Waals surface area contributed by atoms with Crippen LogP contribution in [0.3, 0.4) is 0 Å². The van der Waals surface area contributed by atoms with Crippen molar-refractivity contribution in [2.45, 2.75) is 52.7 Å². The molecule has 3 nitrogen and oxygen atoms in total. The summed E-state index contributed by atoms with van der Waals surface area (Å²) in [7, 11) is 0. The van der Waals surface area contributed by atoms with Crippen LogP contribution >= 0.6 is 0 Å². The smallest absolute Gasteiger partial charge is 0.228 e. The van der Waals surface area contributed by atoms with Gasteiger partial charge < -0.3 is 10.0 Å². The van der Waals surface area contributed by atoms with Gasteiger partial charge in [-0.3, -0.25) is 4.79 Å². The maximum Gasteiger partial charge on any atom is 0.228 e. The first-order valence-electron chi connectivity index (χ1n) is 5.15. The van der Waals surface area contributed by atoms with Crippen molar-refractivity contribution in [2.75, 3.05) is 6.54 Å². The number of rotatable bonds is 0. The number of hydrogen-bond acceptors (Lipinski definition) is 2. The summed E-state index contributed by atoms with van der Waals surface area (Å²) in [5.41, 5.74) is -0.564. The van der Waals surface area contributed by atoms with Crippen molar-refractivity contribution in [3.63, 3.8) is 0 Å². The van der Waals surface area contributed by atoms with Gasteiger partial charge in [0, 0.05) is 17.5 Å². The Kier molecular flexibility index (Phi) is 2.65. The standard InChI is InChI=1S/C11H21NO2/c1-10(2,3)9(14)12-7-8(13)6-11(12,4)5/h8,13H,6-7H2,1-5H3. The van der Waals surface area contributed by atoms with E-state index in [1.165, 1.54) is 0 Å². The monoisotopic (exact) mass is 199 g/mol. The zero-order chi connectivity index (χ0) is 11.1. The Hall–Kier alpha value is -0.570. The highest BCUT2D eigenvalue weighted by molar-refractivity contribution is 5.82. The first kappa shape index (κ1) is 11.5. The molecule has 0 aromatic heterocycles. The van der Waals surface area contributed by atoms with E-state index in [0.29, 0.717) is 13.0 Å². The van der Waals surface area contributed by atoms with Gasteiger partial charge in [0.25, 0.3) is 0 Å². The Morgan fingerprint density at radius 2 is 1.93 bits per heavy atom. The fraction of sp³-hybridized carbons (Fsp3) is 0.909. The first-order chi connectivity index (χ1) is 6.14. The molecular formula is C11H21NO2. The Labute approximate surface area is 86.1 Å². The molecule has 1 amide bonds. The van der Waals surface area contributed by atoms with Crippen molar-refractivity contribution in [3.8, 4) is 0 Å². The van der Waals surface area contributed by atoms with Gasteiger partial charge >= 0.3 is 0 Å². The fourth-order valence-corrected chi connectivity index (χ4v) is 1.97. The molecule has 1 aliphatic heterocycles. The van der Waals surface area contributed by atoms with Gasteiger partial charge in [-0.1, -0.05) is 20.8 Å². The van der Waals surface area contributed by atoms with Crippen molar-refractivity contribution in [1.82, 2.24) is 4.90 Å². The van der Waals surface area contributed by atoms with Gasteiger partial charge in [0.15, 0.2) is 0 Å². The lowest BCUT2D eigenvalue weighted by molar-refractivity contribution is -0.143. The van der Waals surface area contributed by atoms with Crippen LogP contribution in [0.5, 0.6) is 0 Å². The topological polar surface area (TPSA) is 40.5 Å². The van der Waals surface area contributed by atoms with Gasteiger partial charge in [-0.05, 0) is 20.3 Å². The molecule has 0 bridgehead atoms.